The highest BCUT2D eigenvalue weighted by Gasteiger charge is 2.15. The molecule has 2 rings (SSSR count). The molecule has 0 fully saturated rings. The van der Waals surface area contributed by atoms with E-state index in [9.17, 15) is 0 Å². The van der Waals surface area contributed by atoms with E-state index in [2.05, 4.69) is 36.6 Å². The summed E-state index contributed by atoms with van der Waals surface area (Å²) in [5, 5.41) is 6.51. The second-order valence-corrected chi connectivity index (χ2v) is 5.60. The topological polar surface area (TPSA) is 37.8 Å². The van der Waals surface area contributed by atoms with Crippen LogP contribution in [0.25, 0.3) is 0 Å². The summed E-state index contributed by atoms with van der Waals surface area (Å²) in [5.41, 5.74) is 2.11. The summed E-state index contributed by atoms with van der Waals surface area (Å²) in [6, 6.07) is 4.13. The molecule has 0 aliphatic rings. The molecule has 0 spiro atoms. The minimum atomic E-state index is 0.191. The number of hydrogen-bond donors (Lipinski definition) is 1. The van der Waals surface area contributed by atoms with Gasteiger partial charge in [0.05, 0.1) is 16.7 Å². The highest BCUT2D eigenvalue weighted by Crippen LogP contribution is 2.24. The monoisotopic (exact) mass is 311 g/mol. The van der Waals surface area contributed by atoms with Gasteiger partial charge < -0.3 is 5.32 Å². The Bertz CT molecular complexity index is 498. The number of thiazole rings is 1. The van der Waals surface area contributed by atoms with Gasteiger partial charge in [0.2, 0.25) is 0 Å². The van der Waals surface area contributed by atoms with Gasteiger partial charge in [-0.05, 0) is 42.0 Å². The first kappa shape index (κ1) is 12.7. The maximum atomic E-state index is 4.49. The number of nitrogens with zero attached hydrogens (tertiary/aromatic N) is 2. The van der Waals surface area contributed by atoms with Crippen LogP contribution in [0.1, 0.15) is 22.4 Å². The molecule has 17 heavy (non-hydrogen) atoms. The second-order valence-electron chi connectivity index (χ2n) is 3.80. The van der Waals surface area contributed by atoms with Crippen LogP contribution in [0, 0.1) is 6.92 Å². The Balaban J connectivity index is 2.20. The smallest absolute Gasteiger partial charge is 0.0947 e. The predicted molar refractivity (Wildman–Crippen MR) is 74.3 cm³/mol. The fourth-order valence-electron chi connectivity index (χ4n) is 1.66. The van der Waals surface area contributed by atoms with E-state index in [0.717, 1.165) is 27.3 Å². The highest BCUT2D eigenvalue weighted by molar-refractivity contribution is 9.10. The average molecular weight is 312 g/mol. The van der Waals surface area contributed by atoms with Crippen molar-refractivity contribution in [1.82, 2.24) is 15.3 Å². The van der Waals surface area contributed by atoms with Crippen molar-refractivity contribution >= 4 is 27.3 Å². The van der Waals surface area contributed by atoms with E-state index in [4.69, 9.17) is 0 Å². The number of likely N-dealkylation sites (N-methyl/N-ethyl adjacent to an activating group) is 1. The molecule has 0 saturated heterocycles. The van der Waals surface area contributed by atoms with E-state index in [-0.39, 0.29) is 6.04 Å². The molecule has 0 amide bonds. The van der Waals surface area contributed by atoms with Crippen LogP contribution in [0.15, 0.2) is 28.2 Å². The van der Waals surface area contributed by atoms with Gasteiger partial charge in [0.15, 0.2) is 0 Å². The fraction of sp³-hybridized carbons (Fsp3) is 0.333. The number of pyridine rings is 1. The third-order valence-electron chi connectivity index (χ3n) is 2.51. The molecule has 2 aromatic heterocycles. The van der Waals surface area contributed by atoms with Crippen LogP contribution in [-0.4, -0.2) is 17.0 Å². The van der Waals surface area contributed by atoms with Gasteiger partial charge in [0.1, 0.15) is 0 Å². The molecule has 0 aliphatic heterocycles. The van der Waals surface area contributed by atoms with Crippen LogP contribution in [-0.2, 0) is 6.42 Å². The molecule has 1 N–H and O–H groups in total. The van der Waals surface area contributed by atoms with Crippen molar-refractivity contribution in [3.8, 4) is 0 Å². The van der Waals surface area contributed by atoms with Crippen molar-refractivity contribution < 1.29 is 0 Å². The zero-order valence-electron chi connectivity index (χ0n) is 9.77. The maximum Gasteiger partial charge on any atom is 0.0947 e. The zero-order valence-corrected chi connectivity index (χ0v) is 12.2. The van der Waals surface area contributed by atoms with Gasteiger partial charge in [0, 0.05) is 28.2 Å². The van der Waals surface area contributed by atoms with Crippen molar-refractivity contribution in [2.75, 3.05) is 7.05 Å². The number of aryl methyl sites for hydroxylation is 1. The number of halogens is 1. The van der Waals surface area contributed by atoms with Crippen LogP contribution in [0.3, 0.4) is 0 Å². The van der Waals surface area contributed by atoms with E-state index in [0.29, 0.717) is 0 Å². The summed E-state index contributed by atoms with van der Waals surface area (Å²) in [7, 11) is 1.95. The molecular formula is C12H14BrN3S. The molecule has 0 aliphatic carbocycles. The highest BCUT2D eigenvalue weighted by atomic mass is 79.9. The molecule has 0 saturated carbocycles. The van der Waals surface area contributed by atoms with Crippen molar-refractivity contribution in [3.63, 3.8) is 0 Å². The standard InChI is InChI=1S/C12H14BrN3S/c1-8-7-17-11(16-8)6-10(14-2)12-9(13)4-3-5-15-12/h3-5,7,10,14H,6H2,1-2H3. The Morgan fingerprint density at radius 3 is 2.94 bits per heavy atom. The zero-order chi connectivity index (χ0) is 12.3. The van der Waals surface area contributed by atoms with Crippen LogP contribution in [0.2, 0.25) is 0 Å². The Morgan fingerprint density at radius 2 is 2.35 bits per heavy atom. The van der Waals surface area contributed by atoms with Crippen LogP contribution < -0.4 is 5.32 Å². The number of nitrogens with one attached hydrogen (secondary N) is 1. The van der Waals surface area contributed by atoms with Gasteiger partial charge in [-0.3, -0.25) is 4.98 Å². The predicted octanol–water partition coefficient (Wildman–Crippen LogP) is 3.11. The first-order chi connectivity index (χ1) is 8.20. The second kappa shape index (κ2) is 5.71. The Morgan fingerprint density at radius 1 is 1.53 bits per heavy atom. The van der Waals surface area contributed by atoms with Crippen LogP contribution >= 0.6 is 27.3 Å². The molecule has 0 aromatic carbocycles. The third kappa shape index (κ3) is 3.12. The lowest BCUT2D eigenvalue weighted by Gasteiger charge is -2.15. The van der Waals surface area contributed by atoms with Gasteiger partial charge in [-0.1, -0.05) is 0 Å². The van der Waals surface area contributed by atoms with Gasteiger partial charge >= 0.3 is 0 Å². The summed E-state index contributed by atoms with van der Waals surface area (Å²) in [6.45, 7) is 2.02. The number of aromatic nitrogens is 2. The summed E-state index contributed by atoms with van der Waals surface area (Å²) in [6.07, 6.45) is 2.68. The molecular weight excluding hydrogens is 298 g/mol. The molecule has 1 atom stereocenters. The molecule has 2 heterocycles. The van der Waals surface area contributed by atoms with Crippen molar-refractivity contribution in [2.24, 2.45) is 0 Å². The summed E-state index contributed by atoms with van der Waals surface area (Å²) >= 11 is 5.24. The molecule has 2 aromatic rings. The van der Waals surface area contributed by atoms with Gasteiger partial charge in [0.25, 0.3) is 0 Å². The van der Waals surface area contributed by atoms with Crippen LogP contribution in [0.5, 0.6) is 0 Å². The number of hydrogen-bond acceptors (Lipinski definition) is 4. The Labute approximate surface area is 113 Å². The van der Waals surface area contributed by atoms with Crippen molar-refractivity contribution in [3.05, 3.63) is 44.6 Å². The van der Waals surface area contributed by atoms with E-state index < -0.39 is 0 Å². The van der Waals surface area contributed by atoms with E-state index in [1.54, 1.807) is 11.3 Å². The molecule has 0 radical (unpaired) electrons. The van der Waals surface area contributed by atoms with Crippen LogP contribution in [0.4, 0.5) is 0 Å². The Kier molecular flexibility index (Phi) is 4.25. The minimum absolute atomic E-state index is 0.191. The quantitative estimate of drug-likeness (QED) is 0.942. The molecule has 0 bridgehead atoms. The Hall–Kier alpha value is -0.780. The molecule has 5 heteroatoms. The van der Waals surface area contributed by atoms with Gasteiger partial charge in [-0.25, -0.2) is 4.98 Å². The SMILES string of the molecule is CNC(Cc1nc(C)cs1)c1ncccc1Br. The molecule has 90 valence electrons. The lowest BCUT2D eigenvalue weighted by molar-refractivity contribution is 0.571. The largest absolute Gasteiger partial charge is 0.311 e. The van der Waals surface area contributed by atoms with E-state index in [1.807, 2.05) is 32.3 Å². The van der Waals surface area contributed by atoms with E-state index in [1.165, 1.54) is 0 Å². The fourth-order valence-corrected chi connectivity index (χ4v) is 3.01. The van der Waals surface area contributed by atoms with Gasteiger partial charge in [-0.2, -0.15) is 0 Å². The lowest BCUT2D eigenvalue weighted by atomic mass is 10.1. The third-order valence-corrected chi connectivity index (χ3v) is 4.17. The minimum Gasteiger partial charge on any atom is -0.311 e. The van der Waals surface area contributed by atoms with Crippen molar-refractivity contribution in [2.45, 2.75) is 19.4 Å². The van der Waals surface area contributed by atoms with Gasteiger partial charge in [-0.15, -0.1) is 11.3 Å². The average Bonchev–Trinajstić information content (AvgIpc) is 2.73. The number of rotatable bonds is 4. The molecule has 3 nitrogen and oxygen atoms in total. The summed E-state index contributed by atoms with van der Waals surface area (Å²) in [5.74, 6) is 0. The summed E-state index contributed by atoms with van der Waals surface area (Å²) < 4.78 is 1.03. The van der Waals surface area contributed by atoms with E-state index >= 15 is 0 Å². The first-order valence-electron chi connectivity index (χ1n) is 5.39. The maximum absolute atomic E-state index is 4.49. The van der Waals surface area contributed by atoms with Crippen molar-refractivity contribution in [1.29, 1.82) is 0 Å². The summed E-state index contributed by atoms with van der Waals surface area (Å²) in [4.78, 5) is 8.91. The molecule has 1 unspecified atom stereocenters. The lowest BCUT2D eigenvalue weighted by Crippen LogP contribution is -2.20. The first-order valence-corrected chi connectivity index (χ1v) is 7.06. The normalized spacial score (nSPS) is 12.6.